The molecule has 2 aromatic rings. The van der Waals surface area contributed by atoms with Crippen LogP contribution in [-0.2, 0) is 19.4 Å². The smallest absolute Gasteiger partial charge is 0.290 e. The van der Waals surface area contributed by atoms with Gasteiger partial charge < -0.3 is 14.3 Å². The van der Waals surface area contributed by atoms with Gasteiger partial charge in [0.05, 0.1) is 12.2 Å². The standard InChI is InChI=1S/C12H14N4O3/c1-7-14-15-10(18-7)6-13-12(17)11-8-4-2-3-5-9(8)16-19-11/h2-6H2,1H3,(H,13,17). The number of rotatable bonds is 3. The number of hydrogen-bond acceptors (Lipinski definition) is 6. The summed E-state index contributed by atoms with van der Waals surface area (Å²) in [5.74, 6) is 0.873. The predicted octanol–water partition coefficient (Wildman–Crippen LogP) is 1.17. The number of nitrogens with one attached hydrogen (secondary N) is 1. The van der Waals surface area contributed by atoms with Crippen molar-refractivity contribution in [2.24, 2.45) is 0 Å². The highest BCUT2D eigenvalue weighted by molar-refractivity contribution is 5.92. The molecule has 1 aliphatic rings. The number of aromatic nitrogens is 3. The average Bonchev–Trinajstić information content (AvgIpc) is 3.02. The van der Waals surface area contributed by atoms with Crippen LogP contribution >= 0.6 is 0 Å². The van der Waals surface area contributed by atoms with Crippen LogP contribution in [0.25, 0.3) is 0 Å². The fourth-order valence-electron chi connectivity index (χ4n) is 2.21. The molecular weight excluding hydrogens is 248 g/mol. The fourth-order valence-corrected chi connectivity index (χ4v) is 2.21. The van der Waals surface area contributed by atoms with Gasteiger partial charge in [0.15, 0.2) is 0 Å². The van der Waals surface area contributed by atoms with E-state index in [9.17, 15) is 4.79 Å². The normalized spacial score (nSPS) is 14.2. The van der Waals surface area contributed by atoms with Crippen LogP contribution < -0.4 is 5.32 Å². The number of carbonyl (C=O) groups is 1. The van der Waals surface area contributed by atoms with Crippen molar-refractivity contribution in [3.8, 4) is 0 Å². The summed E-state index contributed by atoms with van der Waals surface area (Å²) in [5.41, 5.74) is 1.84. The van der Waals surface area contributed by atoms with Crippen molar-refractivity contribution >= 4 is 5.91 Å². The monoisotopic (exact) mass is 262 g/mol. The van der Waals surface area contributed by atoms with Crippen LogP contribution in [0.1, 0.15) is 46.4 Å². The summed E-state index contributed by atoms with van der Waals surface area (Å²) < 4.78 is 10.3. The van der Waals surface area contributed by atoms with E-state index in [2.05, 4.69) is 20.7 Å². The van der Waals surface area contributed by atoms with Crippen LogP contribution in [0.5, 0.6) is 0 Å². The Morgan fingerprint density at radius 2 is 2.16 bits per heavy atom. The molecule has 0 aromatic carbocycles. The summed E-state index contributed by atoms with van der Waals surface area (Å²) in [6.45, 7) is 1.89. The lowest BCUT2D eigenvalue weighted by molar-refractivity contribution is 0.0908. The zero-order valence-electron chi connectivity index (χ0n) is 10.6. The Hall–Kier alpha value is -2.18. The molecule has 1 N–H and O–H groups in total. The molecule has 0 aliphatic heterocycles. The Morgan fingerprint density at radius 3 is 2.95 bits per heavy atom. The number of nitrogens with zero attached hydrogens (tertiary/aromatic N) is 3. The van der Waals surface area contributed by atoms with Gasteiger partial charge in [-0.05, 0) is 25.7 Å². The summed E-state index contributed by atoms with van der Waals surface area (Å²) in [5, 5.41) is 14.1. The summed E-state index contributed by atoms with van der Waals surface area (Å²) in [7, 11) is 0. The van der Waals surface area contributed by atoms with Gasteiger partial charge in [0.25, 0.3) is 5.91 Å². The van der Waals surface area contributed by atoms with Crippen LogP contribution in [-0.4, -0.2) is 21.3 Å². The summed E-state index contributed by atoms with van der Waals surface area (Å²) >= 11 is 0. The predicted molar refractivity (Wildman–Crippen MR) is 63.4 cm³/mol. The molecule has 0 spiro atoms. The highest BCUT2D eigenvalue weighted by Gasteiger charge is 2.24. The number of carbonyl (C=O) groups excluding carboxylic acids is 1. The second-order valence-corrected chi connectivity index (χ2v) is 4.54. The maximum Gasteiger partial charge on any atom is 0.290 e. The van der Waals surface area contributed by atoms with E-state index in [1.807, 2.05) is 0 Å². The zero-order valence-corrected chi connectivity index (χ0v) is 10.6. The van der Waals surface area contributed by atoms with Gasteiger partial charge in [-0.15, -0.1) is 10.2 Å². The molecule has 100 valence electrons. The third-order valence-corrected chi connectivity index (χ3v) is 3.13. The van der Waals surface area contributed by atoms with Crippen molar-refractivity contribution < 1.29 is 13.7 Å². The van der Waals surface area contributed by atoms with E-state index >= 15 is 0 Å². The molecule has 2 heterocycles. The van der Waals surface area contributed by atoms with E-state index in [4.69, 9.17) is 8.94 Å². The maximum absolute atomic E-state index is 12.0. The van der Waals surface area contributed by atoms with E-state index < -0.39 is 0 Å². The molecule has 0 atom stereocenters. The lowest BCUT2D eigenvalue weighted by atomic mass is 9.96. The molecule has 3 rings (SSSR count). The Kier molecular flexibility index (Phi) is 3.02. The molecule has 0 saturated heterocycles. The van der Waals surface area contributed by atoms with Crippen LogP contribution in [0.15, 0.2) is 8.94 Å². The molecule has 0 bridgehead atoms. The largest absolute Gasteiger partial charge is 0.424 e. The van der Waals surface area contributed by atoms with Gasteiger partial charge in [-0.25, -0.2) is 0 Å². The van der Waals surface area contributed by atoms with Gasteiger partial charge in [0.1, 0.15) is 0 Å². The van der Waals surface area contributed by atoms with Crippen molar-refractivity contribution in [1.29, 1.82) is 0 Å². The molecule has 2 aromatic heterocycles. The summed E-state index contributed by atoms with van der Waals surface area (Å²) in [4.78, 5) is 12.0. The molecule has 0 saturated carbocycles. The molecule has 0 fully saturated rings. The van der Waals surface area contributed by atoms with Gasteiger partial charge in [0.2, 0.25) is 17.5 Å². The first kappa shape index (κ1) is 11.9. The van der Waals surface area contributed by atoms with Gasteiger partial charge in [-0.1, -0.05) is 5.16 Å². The van der Waals surface area contributed by atoms with Gasteiger partial charge in [-0.3, -0.25) is 4.79 Å². The number of hydrogen-bond donors (Lipinski definition) is 1. The highest BCUT2D eigenvalue weighted by atomic mass is 16.5. The van der Waals surface area contributed by atoms with Crippen LogP contribution in [0.4, 0.5) is 0 Å². The average molecular weight is 262 g/mol. The van der Waals surface area contributed by atoms with Gasteiger partial charge in [-0.2, -0.15) is 0 Å². The van der Waals surface area contributed by atoms with Crippen LogP contribution in [0, 0.1) is 6.92 Å². The minimum absolute atomic E-state index is 0.190. The van der Waals surface area contributed by atoms with Crippen molar-refractivity contribution in [2.45, 2.75) is 39.2 Å². The first-order valence-corrected chi connectivity index (χ1v) is 6.28. The quantitative estimate of drug-likeness (QED) is 0.892. The number of fused-ring (bicyclic) bond motifs is 1. The minimum Gasteiger partial charge on any atom is -0.424 e. The first-order chi connectivity index (χ1) is 9.24. The SMILES string of the molecule is Cc1nnc(CNC(=O)c2onc3c2CCCC3)o1. The van der Waals surface area contributed by atoms with Crippen molar-refractivity contribution in [3.63, 3.8) is 0 Å². The van der Waals surface area contributed by atoms with Crippen LogP contribution in [0.2, 0.25) is 0 Å². The molecule has 1 amide bonds. The molecule has 1 aliphatic carbocycles. The second-order valence-electron chi connectivity index (χ2n) is 4.54. The van der Waals surface area contributed by atoms with Crippen molar-refractivity contribution in [3.05, 3.63) is 28.8 Å². The Balaban J connectivity index is 1.69. The Morgan fingerprint density at radius 1 is 1.32 bits per heavy atom. The van der Waals surface area contributed by atoms with E-state index in [1.165, 1.54) is 0 Å². The molecule has 0 unspecified atom stereocenters. The topological polar surface area (TPSA) is 94.1 Å². The number of amides is 1. The third-order valence-electron chi connectivity index (χ3n) is 3.13. The molecule has 0 radical (unpaired) electrons. The molecule has 7 heteroatoms. The Labute approximate surface area is 109 Å². The zero-order chi connectivity index (χ0) is 13.2. The third kappa shape index (κ3) is 2.35. The summed E-state index contributed by atoms with van der Waals surface area (Å²) in [6, 6.07) is 0. The molecule has 7 nitrogen and oxygen atoms in total. The lowest BCUT2D eigenvalue weighted by Gasteiger charge is -2.08. The van der Waals surface area contributed by atoms with Crippen molar-refractivity contribution in [2.75, 3.05) is 0 Å². The maximum atomic E-state index is 12.0. The van der Waals surface area contributed by atoms with Gasteiger partial charge >= 0.3 is 0 Å². The number of aryl methyl sites for hydroxylation is 2. The van der Waals surface area contributed by atoms with Gasteiger partial charge in [0, 0.05) is 12.5 Å². The second kappa shape index (κ2) is 4.83. The van der Waals surface area contributed by atoms with E-state index in [0.29, 0.717) is 17.5 Å². The van der Waals surface area contributed by atoms with Crippen LogP contribution in [0.3, 0.4) is 0 Å². The minimum atomic E-state index is -0.286. The lowest BCUT2D eigenvalue weighted by Crippen LogP contribution is -2.24. The highest BCUT2D eigenvalue weighted by Crippen LogP contribution is 2.23. The summed E-state index contributed by atoms with van der Waals surface area (Å²) in [6.07, 6.45) is 3.90. The molecule has 19 heavy (non-hydrogen) atoms. The first-order valence-electron chi connectivity index (χ1n) is 6.28. The van der Waals surface area contributed by atoms with E-state index in [1.54, 1.807) is 6.92 Å². The fraction of sp³-hybridized carbons (Fsp3) is 0.500. The molecular formula is C12H14N4O3. The van der Waals surface area contributed by atoms with Crippen molar-refractivity contribution in [1.82, 2.24) is 20.7 Å². The van der Waals surface area contributed by atoms with E-state index in [-0.39, 0.29) is 12.5 Å². The Bertz CT molecular complexity index is 602. The van der Waals surface area contributed by atoms with E-state index in [0.717, 1.165) is 36.9 Å².